The summed E-state index contributed by atoms with van der Waals surface area (Å²) >= 11 is 0. The molecule has 3 aliphatic rings. The maximum atomic E-state index is 5.47. The SMILES string of the molecule is Cc1ccc2c(c1)c1c3n2CCN(C[C@@H]2CO2)[C@H]3CCC1. The molecule has 5 rings (SSSR count). The van der Waals surface area contributed by atoms with Crippen LogP contribution in [0.15, 0.2) is 18.2 Å². The number of hydrogen-bond donors (Lipinski definition) is 0. The second kappa shape index (κ2) is 4.34. The van der Waals surface area contributed by atoms with Gasteiger partial charge in [-0.05, 0) is 43.9 Å². The van der Waals surface area contributed by atoms with Crippen LogP contribution in [-0.4, -0.2) is 35.3 Å². The van der Waals surface area contributed by atoms with Crippen LogP contribution in [0.4, 0.5) is 0 Å². The Bertz CT molecular complexity index is 714. The molecular weight excluding hydrogens is 260 g/mol. The molecule has 0 bridgehead atoms. The molecule has 0 N–H and O–H groups in total. The number of rotatable bonds is 2. The number of nitrogens with zero attached hydrogens (tertiary/aromatic N) is 2. The molecule has 1 aromatic carbocycles. The maximum absolute atomic E-state index is 5.47. The van der Waals surface area contributed by atoms with E-state index in [1.807, 2.05) is 0 Å². The molecular formula is C18H22N2O. The Kier molecular flexibility index (Phi) is 2.53. The van der Waals surface area contributed by atoms with Gasteiger partial charge in [-0.1, -0.05) is 11.6 Å². The second-order valence-electron chi connectivity index (χ2n) is 6.89. The Balaban J connectivity index is 1.67. The lowest BCUT2D eigenvalue weighted by Crippen LogP contribution is -2.41. The van der Waals surface area contributed by atoms with E-state index < -0.39 is 0 Å². The molecule has 2 atom stereocenters. The van der Waals surface area contributed by atoms with Crippen LogP contribution in [0.2, 0.25) is 0 Å². The number of fused-ring (bicyclic) bond motifs is 3. The standard InChI is InChI=1S/C18H22N2O/c1-12-5-6-16-15(9-12)14-3-2-4-17-18(14)20(16)8-7-19(17)10-13-11-21-13/h5-6,9,13,17H,2-4,7-8,10-11H2,1H3/t13-,17+/m1/s1. The number of aromatic nitrogens is 1. The lowest BCUT2D eigenvalue weighted by molar-refractivity contribution is 0.130. The summed E-state index contributed by atoms with van der Waals surface area (Å²) in [5, 5.41) is 1.51. The van der Waals surface area contributed by atoms with Crippen molar-refractivity contribution < 1.29 is 4.74 Å². The molecule has 1 fully saturated rings. The second-order valence-corrected chi connectivity index (χ2v) is 6.89. The van der Waals surface area contributed by atoms with Crippen LogP contribution in [0, 0.1) is 6.92 Å². The van der Waals surface area contributed by atoms with E-state index >= 15 is 0 Å². The lowest BCUT2D eigenvalue weighted by atomic mass is 9.89. The fourth-order valence-electron chi connectivity index (χ4n) is 4.44. The minimum atomic E-state index is 0.508. The van der Waals surface area contributed by atoms with Crippen molar-refractivity contribution in [2.24, 2.45) is 0 Å². The Labute approximate surface area is 125 Å². The topological polar surface area (TPSA) is 20.7 Å². The molecule has 0 amide bonds. The molecule has 110 valence electrons. The molecule has 2 aliphatic heterocycles. The van der Waals surface area contributed by atoms with E-state index in [9.17, 15) is 0 Å². The third kappa shape index (κ3) is 1.80. The zero-order valence-corrected chi connectivity index (χ0v) is 12.6. The summed E-state index contributed by atoms with van der Waals surface area (Å²) in [5.41, 5.74) is 6.09. The van der Waals surface area contributed by atoms with Gasteiger partial charge >= 0.3 is 0 Å². The van der Waals surface area contributed by atoms with Gasteiger partial charge in [0.1, 0.15) is 0 Å². The monoisotopic (exact) mass is 282 g/mol. The minimum absolute atomic E-state index is 0.508. The molecule has 1 saturated heterocycles. The number of aryl methyl sites for hydroxylation is 2. The summed E-state index contributed by atoms with van der Waals surface area (Å²) in [4.78, 5) is 2.68. The molecule has 0 radical (unpaired) electrons. The number of benzene rings is 1. The van der Waals surface area contributed by atoms with Gasteiger partial charge in [-0.2, -0.15) is 0 Å². The average Bonchev–Trinajstić information content (AvgIpc) is 3.26. The summed E-state index contributed by atoms with van der Waals surface area (Å²) in [5.74, 6) is 0. The predicted molar refractivity (Wildman–Crippen MR) is 83.7 cm³/mol. The summed E-state index contributed by atoms with van der Waals surface area (Å²) < 4.78 is 8.08. The normalized spacial score (nSPS) is 27.9. The highest BCUT2D eigenvalue weighted by Gasteiger charge is 2.37. The first kappa shape index (κ1) is 12.2. The van der Waals surface area contributed by atoms with E-state index in [-0.39, 0.29) is 0 Å². The van der Waals surface area contributed by atoms with Crippen LogP contribution in [0.3, 0.4) is 0 Å². The van der Waals surface area contributed by atoms with E-state index in [2.05, 4.69) is 34.6 Å². The van der Waals surface area contributed by atoms with E-state index in [4.69, 9.17) is 4.74 Å². The Morgan fingerprint density at radius 1 is 1.29 bits per heavy atom. The number of epoxide rings is 1. The number of hydrogen-bond acceptors (Lipinski definition) is 2. The van der Waals surface area contributed by atoms with E-state index in [0.29, 0.717) is 12.1 Å². The fourth-order valence-corrected chi connectivity index (χ4v) is 4.44. The van der Waals surface area contributed by atoms with Crippen LogP contribution in [0.1, 0.15) is 35.7 Å². The first-order valence-corrected chi connectivity index (χ1v) is 8.28. The van der Waals surface area contributed by atoms with Gasteiger partial charge in [0.25, 0.3) is 0 Å². The molecule has 0 saturated carbocycles. The predicted octanol–water partition coefficient (Wildman–Crippen LogP) is 3.04. The van der Waals surface area contributed by atoms with Crippen molar-refractivity contribution in [3.05, 3.63) is 35.0 Å². The third-order valence-electron chi connectivity index (χ3n) is 5.48. The quantitative estimate of drug-likeness (QED) is 0.789. The first-order valence-electron chi connectivity index (χ1n) is 8.28. The summed E-state index contributed by atoms with van der Waals surface area (Å²) in [7, 11) is 0. The van der Waals surface area contributed by atoms with E-state index in [1.165, 1.54) is 42.3 Å². The van der Waals surface area contributed by atoms with Gasteiger partial charge in [-0.15, -0.1) is 0 Å². The summed E-state index contributed by atoms with van der Waals surface area (Å²) in [6.45, 7) is 6.62. The molecule has 3 heterocycles. The lowest BCUT2D eigenvalue weighted by Gasteiger charge is -2.39. The van der Waals surface area contributed by atoms with Gasteiger partial charge in [-0.3, -0.25) is 4.90 Å². The molecule has 1 aromatic heterocycles. The van der Waals surface area contributed by atoms with Gasteiger partial charge in [-0.25, -0.2) is 0 Å². The van der Waals surface area contributed by atoms with E-state index in [0.717, 1.165) is 19.7 Å². The van der Waals surface area contributed by atoms with Crippen LogP contribution >= 0.6 is 0 Å². The zero-order chi connectivity index (χ0) is 14.0. The Morgan fingerprint density at radius 3 is 3.05 bits per heavy atom. The minimum Gasteiger partial charge on any atom is -0.372 e. The number of ether oxygens (including phenoxy) is 1. The van der Waals surface area contributed by atoms with Crippen molar-refractivity contribution in [3.63, 3.8) is 0 Å². The van der Waals surface area contributed by atoms with Crippen molar-refractivity contribution in [1.82, 2.24) is 9.47 Å². The van der Waals surface area contributed by atoms with Crippen molar-refractivity contribution >= 4 is 10.9 Å². The summed E-state index contributed by atoms with van der Waals surface area (Å²) in [6, 6.07) is 7.61. The highest BCUT2D eigenvalue weighted by atomic mass is 16.6. The fraction of sp³-hybridized carbons (Fsp3) is 0.556. The van der Waals surface area contributed by atoms with Crippen molar-refractivity contribution in [1.29, 1.82) is 0 Å². The van der Waals surface area contributed by atoms with Crippen LogP contribution in [0.5, 0.6) is 0 Å². The van der Waals surface area contributed by atoms with Crippen molar-refractivity contribution in [2.75, 3.05) is 19.7 Å². The molecule has 1 aliphatic carbocycles. The van der Waals surface area contributed by atoms with Crippen molar-refractivity contribution in [3.8, 4) is 0 Å². The Hall–Kier alpha value is -1.32. The molecule has 2 aromatic rings. The van der Waals surface area contributed by atoms with Gasteiger partial charge < -0.3 is 9.30 Å². The molecule has 0 spiro atoms. The molecule has 3 heteroatoms. The van der Waals surface area contributed by atoms with Gasteiger partial charge in [0.2, 0.25) is 0 Å². The third-order valence-corrected chi connectivity index (χ3v) is 5.48. The van der Waals surface area contributed by atoms with Gasteiger partial charge in [0.15, 0.2) is 0 Å². The van der Waals surface area contributed by atoms with Crippen LogP contribution in [-0.2, 0) is 17.7 Å². The highest BCUT2D eigenvalue weighted by Crippen LogP contribution is 2.43. The Morgan fingerprint density at radius 2 is 2.19 bits per heavy atom. The molecule has 21 heavy (non-hydrogen) atoms. The summed E-state index contributed by atoms with van der Waals surface area (Å²) in [6.07, 6.45) is 4.41. The average molecular weight is 282 g/mol. The van der Waals surface area contributed by atoms with Crippen LogP contribution in [0.25, 0.3) is 10.9 Å². The maximum Gasteiger partial charge on any atom is 0.0936 e. The van der Waals surface area contributed by atoms with Crippen molar-refractivity contribution in [2.45, 2.75) is 44.9 Å². The van der Waals surface area contributed by atoms with E-state index in [1.54, 1.807) is 11.3 Å². The van der Waals surface area contributed by atoms with Gasteiger partial charge in [0.05, 0.1) is 18.8 Å². The smallest absolute Gasteiger partial charge is 0.0936 e. The highest BCUT2D eigenvalue weighted by molar-refractivity contribution is 5.87. The zero-order valence-electron chi connectivity index (χ0n) is 12.6. The van der Waals surface area contributed by atoms with Crippen LogP contribution < -0.4 is 0 Å². The molecule has 3 nitrogen and oxygen atoms in total. The molecule has 0 unspecified atom stereocenters. The van der Waals surface area contributed by atoms with Gasteiger partial charge in [0, 0.05) is 36.2 Å². The largest absolute Gasteiger partial charge is 0.372 e. The first-order chi connectivity index (χ1) is 10.3.